The fourth-order valence-corrected chi connectivity index (χ4v) is 2.01. The topological polar surface area (TPSA) is 59.6 Å². The molecule has 1 aliphatic carbocycles. The molecule has 0 bridgehead atoms. The van der Waals surface area contributed by atoms with Gasteiger partial charge in [-0.25, -0.2) is 0 Å². The van der Waals surface area contributed by atoms with Crippen LogP contribution in [0.3, 0.4) is 0 Å². The van der Waals surface area contributed by atoms with Crippen LogP contribution in [0, 0.1) is 5.41 Å². The highest BCUT2D eigenvalue weighted by molar-refractivity contribution is 5.78. The second-order valence-electron chi connectivity index (χ2n) is 5.86. The summed E-state index contributed by atoms with van der Waals surface area (Å²) in [6.07, 6.45) is 3.69. The summed E-state index contributed by atoms with van der Waals surface area (Å²) in [5, 5.41) is 3.17. The molecule has 0 aliphatic heterocycles. The number of nitrogens with two attached hydrogens (primary N) is 1. The van der Waals surface area contributed by atoms with E-state index in [2.05, 4.69) is 31.1 Å². The molecule has 0 atom stereocenters. The Hall–Kier alpha value is -0.770. The van der Waals surface area contributed by atoms with Crippen LogP contribution >= 0.6 is 0 Å². The van der Waals surface area contributed by atoms with Crippen LogP contribution in [0.15, 0.2) is 4.99 Å². The number of rotatable bonds is 4. The first-order valence-electron chi connectivity index (χ1n) is 5.94. The second kappa shape index (κ2) is 5.04. The fraction of sp³-hybridized carbons (Fsp3) is 0.917. The molecule has 1 fully saturated rings. The number of guanidine groups is 1. The molecule has 0 radical (unpaired) electrons. The molecule has 3 N–H and O–H groups in total. The number of nitrogens with one attached hydrogen (secondary N) is 1. The van der Waals surface area contributed by atoms with E-state index >= 15 is 0 Å². The molecule has 4 nitrogen and oxygen atoms in total. The van der Waals surface area contributed by atoms with Crippen molar-refractivity contribution in [2.45, 2.75) is 45.6 Å². The maximum absolute atomic E-state index is 5.84. The molecule has 1 rings (SSSR count). The van der Waals surface area contributed by atoms with Crippen LogP contribution in [-0.2, 0) is 4.74 Å². The molecular weight excluding hydrogens is 202 g/mol. The van der Waals surface area contributed by atoms with Gasteiger partial charge >= 0.3 is 0 Å². The maximum Gasteiger partial charge on any atom is 0.189 e. The minimum absolute atomic E-state index is 0.0262. The van der Waals surface area contributed by atoms with Crippen molar-refractivity contribution in [3.63, 3.8) is 0 Å². The second-order valence-corrected chi connectivity index (χ2v) is 5.86. The van der Waals surface area contributed by atoms with E-state index in [1.54, 1.807) is 7.11 Å². The highest BCUT2D eigenvalue weighted by Crippen LogP contribution is 2.41. The van der Waals surface area contributed by atoms with E-state index in [4.69, 9.17) is 10.5 Å². The van der Waals surface area contributed by atoms with E-state index in [1.807, 2.05) is 0 Å². The smallest absolute Gasteiger partial charge is 0.189 e. The predicted molar refractivity (Wildman–Crippen MR) is 67.5 cm³/mol. The van der Waals surface area contributed by atoms with Crippen molar-refractivity contribution < 1.29 is 4.74 Å². The van der Waals surface area contributed by atoms with Crippen LogP contribution < -0.4 is 11.1 Å². The number of ether oxygens (including phenoxy) is 1. The van der Waals surface area contributed by atoms with E-state index in [1.165, 1.54) is 19.3 Å². The van der Waals surface area contributed by atoms with E-state index in [-0.39, 0.29) is 11.0 Å². The number of aliphatic imine (C=N–C) groups is 1. The van der Waals surface area contributed by atoms with E-state index < -0.39 is 0 Å². The lowest BCUT2D eigenvalue weighted by molar-refractivity contribution is 0.0252. The molecule has 0 spiro atoms. The van der Waals surface area contributed by atoms with Crippen molar-refractivity contribution in [1.29, 1.82) is 0 Å². The molecule has 1 saturated carbocycles. The minimum Gasteiger partial charge on any atom is -0.384 e. The SMILES string of the molecule is COCC1(CN=C(N)NC(C)(C)C)CCC1. The van der Waals surface area contributed by atoms with Gasteiger partial charge < -0.3 is 15.8 Å². The lowest BCUT2D eigenvalue weighted by Gasteiger charge is -2.40. The summed E-state index contributed by atoms with van der Waals surface area (Å²) >= 11 is 0. The van der Waals surface area contributed by atoms with Crippen LogP contribution in [0.4, 0.5) is 0 Å². The van der Waals surface area contributed by atoms with Gasteiger partial charge in [-0.15, -0.1) is 0 Å². The Morgan fingerprint density at radius 2 is 2.06 bits per heavy atom. The number of methoxy groups -OCH3 is 1. The van der Waals surface area contributed by atoms with E-state index in [9.17, 15) is 0 Å². The Morgan fingerprint density at radius 1 is 1.44 bits per heavy atom. The summed E-state index contributed by atoms with van der Waals surface area (Å²) in [5.41, 5.74) is 6.06. The highest BCUT2D eigenvalue weighted by atomic mass is 16.5. The molecule has 16 heavy (non-hydrogen) atoms. The summed E-state index contributed by atoms with van der Waals surface area (Å²) in [7, 11) is 1.75. The minimum atomic E-state index is -0.0262. The van der Waals surface area contributed by atoms with Gasteiger partial charge in [0.2, 0.25) is 0 Å². The third kappa shape index (κ3) is 4.00. The Morgan fingerprint density at radius 3 is 2.44 bits per heavy atom. The normalized spacial score (nSPS) is 20.4. The fourth-order valence-electron chi connectivity index (χ4n) is 2.01. The van der Waals surface area contributed by atoms with Crippen molar-refractivity contribution in [3.05, 3.63) is 0 Å². The zero-order valence-corrected chi connectivity index (χ0v) is 11.0. The summed E-state index contributed by atoms with van der Waals surface area (Å²) < 4.78 is 5.25. The van der Waals surface area contributed by atoms with Gasteiger partial charge in [-0.3, -0.25) is 4.99 Å². The Labute approximate surface area is 98.6 Å². The first kappa shape index (κ1) is 13.3. The molecule has 94 valence electrons. The Kier molecular flexibility index (Phi) is 4.19. The van der Waals surface area contributed by atoms with Crippen molar-refractivity contribution in [2.75, 3.05) is 20.3 Å². The molecule has 0 aromatic rings. The van der Waals surface area contributed by atoms with Gasteiger partial charge in [0.05, 0.1) is 13.2 Å². The maximum atomic E-state index is 5.84. The molecule has 0 unspecified atom stereocenters. The first-order valence-corrected chi connectivity index (χ1v) is 5.94. The number of hydrogen-bond donors (Lipinski definition) is 2. The predicted octanol–water partition coefficient (Wildman–Crippen LogP) is 1.51. The average Bonchev–Trinajstić information content (AvgIpc) is 2.06. The van der Waals surface area contributed by atoms with E-state index in [0.717, 1.165) is 13.2 Å². The molecule has 0 heterocycles. The van der Waals surface area contributed by atoms with Crippen LogP contribution in [0.25, 0.3) is 0 Å². The molecule has 0 aromatic heterocycles. The zero-order valence-electron chi connectivity index (χ0n) is 11.0. The van der Waals surface area contributed by atoms with Gasteiger partial charge in [-0.05, 0) is 33.6 Å². The lowest BCUT2D eigenvalue weighted by Crippen LogP contribution is -2.46. The van der Waals surface area contributed by atoms with Gasteiger partial charge in [-0.1, -0.05) is 6.42 Å². The summed E-state index contributed by atoms with van der Waals surface area (Å²) in [5.74, 6) is 0.537. The zero-order chi connectivity index (χ0) is 12.2. The van der Waals surface area contributed by atoms with Gasteiger partial charge in [0.25, 0.3) is 0 Å². The van der Waals surface area contributed by atoms with Crippen LogP contribution in [0.2, 0.25) is 0 Å². The van der Waals surface area contributed by atoms with Crippen molar-refractivity contribution in [2.24, 2.45) is 16.1 Å². The standard InChI is InChI=1S/C12H25N3O/c1-11(2,3)15-10(13)14-8-12(9-16-4)6-5-7-12/h5-9H2,1-4H3,(H3,13,14,15). The van der Waals surface area contributed by atoms with Crippen LogP contribution in [-0.4, -0.2) is 31.8 Å². The molecule has 0 saturated heterocycles. The molecule has 0 aromatic carbocycles. The quantitative estimate of drug-likeness (QED) is 0.565. The van der Waals surface area contributed by atoms with Crippen molar-refractivity contribution >= 4 is 5.96 Å². The van der Waals surface area contributed by atoms with Crippen LogP contribution in [0.5, 0.6) is 0 Å². The molecular formula is C12H25N3O. The number of nitrogens with zero attached hydrogens (tertiary/aromatic N) is 1. The highest BCUT2D eigenvalue weighted by Gasteiger charge is 2.36. The Balaban J connectivity index is 2.44. The lowest BCUT2D eigenvalue weighted by atomic mass is 9.69. The van der Waals surface area contributed by atoms with Crippen LogP contribution in [0.1, 0.15) is 40.0 Å². The first-order chi connectivity index (χ1) is 7.37. The molecule has 1 aliphatic rings. The molecule has 0 amide bonds. The van der Waals surface area contributed by atoms with Crippen molar-refractivity contribution in [1.82, 2.24) is 5.32 Å². The van der Waals surface area contributed by atoms with Crippen molar-refractivity contribution in [3.8, 4) is 0 Å². The van der Waals surface area contributed by atoms with Gasteiger partial charge in [-0.2, -0.15) is 0 Å². The third-order valence-electron chi connectivity index (χ3n) is 2.95. The summed E-state index contributed by atoms with van der Waals surface area (Å²) in [6, 6.07) is 0. The summed E-state index contributed by atoms with van der Waals surface area (Å²) in [4.78, 5) is 4.43. The monoisotopic (exact) mass is 227 g/mol. The largest absolute Gasteiger partial charge is 0.384 e. The third-order valence-corrected chi connectivity index (χ3v) is 2.95. The molecule has 4 heteroatoms. The van der Waals surface area contributed by atoms with Gasteiger partial charge in [0, 0.05) is 18.1 Å². The number of hydrogen-bond acceptors (Lipinski definition) is 2. The van der Waals surface area contributed by atoms with Gasteiger partial charge in [0.15, 0.2) is 5.96 Å². The van der Waals surface area contributed by atoms with E-state index in [0.29, 0.717) is 5.96 Å². The average molecular weight is 227 g/mol. The summed E-state index contributed by atoms with van der Waals surface area (Å²) in [6.45, 7) is 7.78. The van der Waals surface area contributed by atoms with Gasteiger partial charge in [0.1, 0.15) is 0 Å². The Bertz CT molecular complexity index is 251.